The number of hydrogen-bond donors (Lipinski definition) is 1. The molecular formula is C15H21FN2O3S. The molecule has 0 bridgehead atoms. The first-order chi connectivity index (χ1) is 10.4. The minimum atomic E-state index is -3.47. The third kappa shape index (κ3) is 4.51. The lowest BCUT2D eigenvalue weighted by Crippen LogP contribution is -2.41. The molecule has 5 nitrogen and oxygen atoms in total. The maximum atomic E-state index is 13.7. The van der Waals surface area contributed by atoms with Crippen LogP contribution >= 0.6 is 0 Å². The summed E-state index contributed by atoms with van der Waals surface area (Å²) in [7, 11) is -3.47. The molecule has 122 valence electrons. The van der Waals surface area contributed by atoms with E-state index in [4.69, 9.17) is 0 Å². The molecule has 0 spiro atoms. The Morgan fingerprint density at radius 1 is 1.36 bits per heavy atom. The summed E-state index contributed by atoms with van der Waals surface area (Å²) in [6.07, 6.45) is 3.95. The highest BCUT2D eigenvalue weighted by atomic mass is 32.2. The summed E-state index contributed by atoms with van der Waals surface area (Å²) in [4.78, 5) is 11.7. The van der Waals surface area contributed by atoms with E-state index in [0.29, 0.717) is 5.56 Å². The summed E-state index contributed by atoms with van der Waals surface area (Å²) in [6, 6.07) is 6.08. The second kappa shape index (κ2) is 7.19. The molecule has 0 radical (unpaired) electrons. The Balaban J connectivity index is 1.92. The van der Waals surface area contributed by atoms with Gasteiger partial charge in [-0.3, -0.25) is 4.79 Å². The van der Waals surface area contributed by atoms with Crippen LogP contribution in [0.2, 0.25) is 0 Å². The monoisotopic (exact) mass is 328 g/mol. The minimum Gasteiger partial charge on any atom is -0.355 e. The Bertz CT molecular complexity index is 629. The predicted octanol–water partition coefficient (Wildman–Crippen LogP) is 1.50. The third-order valence-corrected chi connectivity index (χ3v) is 5.16. The summed E-state index contributed by atoms with van der Waals surface area (Å²) in [5, 5.41) is 2.75. The number of hydrogen-bond acceptors (Lipinski definition) is 3. The van der Waals surface area contributed by atoms with Crippen LogP contribution in [-0.4, -0.2) is 38.0 Å². The zero-order valence-electron chi connectivity index (χ0n) is 12.6. The van der Waals surface area contributed by atoms with Crippen LogP contribution in [-0.2, 0) is 21.4 Å². The Kier molecular flexibility index (Phi) is 5.52. The predicted molar refractivity (Wildman–Crippen MR) is 82.0 cm³/mol. The number of benzene rings is 1. The first-order valence-electron chi connectivity index (χ1n) is 7.34. The standard InChI is InChI=1S/C15H21FN2O3S/c1-22(20,21)18(11-13-5-2-3-8-14(13)16)10-9-17-15(19)12-6-4-7-12/h2-3,5,8,12H,4,6-7,9-11H2,1H3,(H,17,19). The van der Waals surface area contributed by atoms with E-state index in [-0.39, 0.29) is 31.5 Å². The van der Waals surface area contributed by atoms with Gasteiger partial charge >= 0.3 is 0 Å². The quantitative estimate of drug-likeness (QED) is 0.825. The molecule has 1 N–H and O–H groups in total. The van der Waals surface area contributed by atoms with Gasteiger partial charge in [-0.15, -0.1) is 0 Å². The topological polar surface area (TPSA) is 66.5 Å². The van der Waals surface area contributed by atoms with Crippen LogP contribution in [0.5, 0.6) is 0 Å². The van der Waals surface area contributed by atoms with E-state index in [9.17, 15) is 17.6 Å². The summed E-state index contributed by atoms with van der Waals surface area (Å²) in [6.45, 7) is 0.327. The van der Waals surface area contributed by atoms with E-state index in [2.05, 4.69) is 5.32 Å². The van der Waals surface area contributed by atoms with Gasteiger partial charge in [0.15, 0.2) is 0 Å². The number of carbonyl (C=O) groups excluding carboxylic acids is 1. The van der Waals surface area contributed by atoms with Crippen molar-refractivity contribution in [1.29, 1.82) is 0 Å². The summed E-state index contributed by atoms with van der Waals surface area (Å²) in [5.74, 6) is -0.390. The van der Waals surface area contributed by atoms with Gasteiger partial charge in [0, 0.05) is 31.1 Å². The van der Waals surface area contributed by atoms with Crippen molar-refractivity contribution in [3.63, 3.8) is 0 Å². The van der Waals surface area contributed by atoms with Crippen molar-refractivity contribution in [2.45, 2.75) is 25.8 Å². The molecule has 0 unspecified atom stereocenters. The molecule has 7 heteroatoms. The van der Waals surface area contributed by atoms with Gasteiger partial charge in [0.2, 0.25) is 15.9 Å². The van der Waals surface area contributed by atoms with Crippen molar-refractivity contribution in [2.24, 2.45) is 5.92 Å². The second-order valence-corrected chi connectivity index (χ2v) is 7.59. The van der Waals surface area contributed by atoms with E-state index in [1.807, 2.05) is 0 Å². The van der Waals surface area contributed by atoms with Crippen molar-refractivity contribution in [3.05, 3.63) is 35.6 Å². The molecule has 1 amide bonds. The number of rotatable bonds is 7. The lowest BCUT2D eigenvalue weighted by molar-refractivity contribution is -0.127. The Morgan fingerprint density at radius 3 is 2.59 bits per heavy atom. The molecule has 0 heterocycles. The van der Waals surface area contributed by atoms with Gasteiger partial charge in [-0.1, -0.05) is 24.6 Å². The average molecular weight is 328 g/mol. The second-order valence-electron chi connectivity index (χ2n) is 5.61. The third-order valence-electron chi connectivity index (χ3n) is 3.91. The highest BCUT2D eigenvalue weighted by Gasteiger charge is 2.25. The fourth-order valence-electron chi connectivity index (χ4n) is 2.30. The van der Waals surface area contributed by atoms with Crippen LogP contribution in [0.3, 0.4) is 0 Å². The largest absolute Gasteiger partial charge is 0.355 e. The molecule has 0 aromatic heterocycles. The molecule has 1 aromatic rings. The van der Waals surface area contributed by atoms with Crippen LogP contribution in [0.1, 0.15) is 24.8 Å². The molecule has 2 rings (SSSR count). The smallest absolute Gasteiger partial charge is 0.223 e. The first-order valence-corrected chi connectivity index (χ1v) is 9.19. The normalized spacial score (nSPS) is 15.6. The number of nitrogens with one attached hydrogen (secondary N) is 1. The molecule has 0 atom stereocenters. The van der Waals surface area contributed by atoms with Gasteiger partial charge in [0.25, 0.3) is 0 Å². The van der Waals surface area contributed by atoms with E-state index < -0.39 is 15.8 Å². The van der Waals surface area contributed by atoms with Gasteiger partial charge in [0.1, 0.15) is 5.82 Å². The molecule has 1 fully saturated rings. The van der Waals surface area contributed by atoms with Crippen molar-refractivity contribution in [3.8, 4) is 0 Å². The van der Waals surface area contributed by atoms with Crippen molar-refractivity contribution < 1.29 is 17.6 Å². The van der Waals surface area contributed by atoms with Crippen molar-refractivity contribution >= 4 is 15.9 Å². The van der Waals surface area contributed by atoms with Gasteiger partial charge in [-0.05, 0) is 18.9 Å². The van der Waals surface area contributed by atoms with Crippen LogP contribution in [0.15, 0.2) is 24.3 Å². The lowest BCUT2D eigenvalue weighted by atomic mass is 9.85. The van der Waals surface area contributed by atoms with Gasteiger partial charge in [-0.25, -0.2) is 12.8 Å². The Labute approximate surface area is 130 Å². The van der Waals surface area contributed by atoms with Gasteiger partial charge < -0.3 is 5.32 Å². The Hall–Kier alpha value is -1.47. The molecular weight excluding hydrogens is 307 g/mol. The molecule has 22 heavy (non-hydrogen) atoms. The van der Waals surface area contributed by atoms with E-state index in [1.165, 1.54) is 10.4 Å². The zero-order valence-corrected chi connectivity index (χ0v) is 13.4. The maximum Gasteiger partial charge on any atom is 0.223 e. The fraction of sp³-hybridized carbons (Fsp3) is 0.533. The summed E-state index contributed by atoms with van der Waals surface area (Å²) in [5.41, 5.74) is 0.318. The highest BCUT2D eigenvalue weighted by molar-refractivity contribution is 7.88. The van der Waals surface area contributed by atoms with Gasteiger partial charge in [-0.2, -0.15) is 4.31 Å². The van der Waals surface area contributed by atoms with Crippen LogP contribution in [0.25, 0.3) is 0 Å². The molecule has 0 saturated heterocycles. The number of amides is 1. The zero-order chi connectivity index (χ0) is 16.2. The van der Waals surface area contributed by atoms with Gasteiger partial charge in [0.05, 0.1) is 6.26 Å². The molecule has 1 aliphatic rings. The maximum absolute atomic E-state index is 13.7. The fourth-order valence-corrected chi connectivity index (χ4v) is 3.09. The SMILES string of the molecule is CS(=O)(=O)N(CCNC(=O)C1CCC1)Cc1ccccc1F. The molecule has 1 aliphatic carbocycles. The molecule has 0 aliphatic heterocycles. The average Bonchev–Trinajstić information content (AvgIpc) is 2.36. The molecule has 1 saturated carbocycles. The summed E-state index contributed by atoms with van der Waals surface area (Å²) < 4.78 is 38.5. The number of halogens is 1. The van der Waals surface area contributed by atoms with Crippen molar-refractivity contribution in [1.82, 2.24) is 9.62 Å². The van der Waals surface area contributed by atoms with Crippen LogP contribution < -0.4 is 5.32 Å². The van der Waals surface area contributed by atoms with Crippen LogP contribution in [0.4, 0.5) is 4.39 Å². The van der Waals surface area contributed by atoms with E-state index >= 15 is 0 Å². The first kappa shape index (κ1) is 16.9. The van der Waals surface area contributed by atoms with Crippen LogP contribution in [0, 0.1) is 11.7 Å². The Morgan fingerprint density at radius 2 is 2.05 bits per heavy atom. The minimum absolute atomic E-state index is 0.0226. The molecule has 1 aromatic carbocycles. The number of nitrogens with zero attached hydrogens (tertiary/aromatic N) is 1. The van der Waals surface area contributed by atoms with E-state index in [1.54, 1.807) is 18.2 Å². The number of sulfonamides is 1. The lowest BCUT2D eigenvalue weighted by Gasteiger charge is -2.25. The number of carbonyl (C=O) groups is 1. The summed E-state index contributed by atoms with van der Waals surface area (Å²) >= 11 is 0. The highest BCUT2D eigenvalue weighted by Crippen LogP contribution is 2.26. The van der Waals surface area contributed by atoms with Crippen molar-refractivity contribution in [2.75, 3.05) is 19.3 Å². The van der Waals surface area contributed by atoms with E-state index in [0.717, 1.165) is 25.5 Å².